The summed E-state index contributed by atoms with van der Waals surface area (Å²) in [7, 11) is 1.52. The molecule has 182 valence electrons. The number of hydrogen-bond donors (Lipinski definition) is 1. The molecule has 1 aromatic heterocycles. The van der Waals surface area contributed by atoms with Gasteiger partial charge >= 0.3 is 0 Å². The molecule has 8 heteroatoms. The second kappa shape index (κ2) is 9.46. The lowest BCUT2D eigenvalue weighted by molar-refractivity contribution is -0.131. The number of ether oxygens (including phenoxy) is 3. The zero-order chi connectivity index (χ0) is 24.5. The van der Waals surface area contributed by atoms with Crippen LogP contribution in [0.5, 0.6) is 11.5 Å². The van der Waals surface area contributed by atoms with Gasteiger partial charge in [-0.1, -0.05) is 24.3 Å². The average Bonchev–Trinajstić information content (AvgIpc) is 3.59. The van der Waals surface area contributed by atoms with Gasteiger partial charge in [0.25, 0.3) is 5.91 Å². The highest BCUT2D eigenvalue weighted by Crippen LogP contribution is 2.41. The molecule has 1 fully saturated rings. The Morgan fingerprint density at radius 3 is 2.77 bits per heavy atom. The molecule has 0 aliphatic carbocycles. The van der Waals surface area contributed by atoms with Crippen LogP contribution in [0.4, 0.5) is 0 Å². The van der Waals surface area contributed by atoms with Gasteiger partial charge in [-0.25, -0.2) is 0 Å². The Morgan fingerprint density at radius 1 is 1.20 bits per heavy atom. The Hall–Kier alpha value is -3.78. The van der Waals surface area contributed by atoms with Gasteiger partial charge in [0.15, 0.2) is 22.9 Å². The van der Waals surface area contributed by atoms with E-state index >= 15 is 0 Å². The minimum atomic E-state index is -0.810. The molecular formula is C27H27NO7. The number of fused-ring (bicyclic) bond motifs is 1. The number of amides is 1. The van der Waals surface area contributed by atoms with Crippen molar-refractivity contribution < 1.29 is 33.3 Å². The van der Waals surface area contributed by atoms with Crippen molar-refractivity contribution in [3.05, 3.63) is 71.2 Å². The number of ketones is 1. The molecule has 0 bridgehead atoms. The van der Waals surface area contributed by atoms with Crippen LogP contribution >= 0.6 is 0 Å². The molecule has 2 atom stereocenters. The number of Topliss-reactive ketones (excluding diaryl/α,β-unsaturated/α-hetero) is 1. The second-order valence-electron chi connectivity index (χ2n) is 8.58. The van der Waals surface area contributed by atoms with Crippen LogP contribution in [0.25, 0.3) is 11.0 Å². The molecule has 1 saturated heterocycles. The van der Waals surface area contributed by atoms with Gasteiger partial charge in [0.1, 0.15) is 5.75 Å². The van der Waals surface area contributed by atoms with Gasteiger partial charge in [0.05, 0.1) is 31.4 Å². The predicted octanol–water partition coefficient (Wildman–Crippen LogP) is 4.60. The number of nitrogens with zero attached hydrogens (tertiary/aromatic N) is 1. The summed E-state index contributed by atoms with van der Waals surface area (Å²) in [5.74, 6) is -0.625. The maximum absolute atomic E-state index is 13.8. The number of para-hydroxylation sites is 1. The van der Waals surface area contributed by atoms with Crippen LogP contribution in [0.15, 0.2) is 64.3 Å². The minimum absolute atomic E-state index is 0.0174. The summed E-state index contributed by atoms with van der Waals surface area (Å²) >= 11 is 0. The van der Waals surface area contributed by atoms with Crippen LogP contribution in [-0.2, 0) is 9.53 Å². The molecule has 2 aromatic carbocycles. The van der Waals surface area contributed by atoms with E-state index < -0.39 is 23.5 Å². The van der Waals surface area contributed by atoms with E-state index in [0.717, 1.165) is 12.8 Å². The van der Waals surface area contributed by atoms with Crippen LogP contribution in [0, 0.1) is 0 Å². The summed E-state index contributed by atoms with van der Waals surface area (Å²) in [6.45, 7) is 3.24. The van der Waals surface area contributed by atoms with E-state index in [9.17, 15) is 14.7 Å². The van der Waals surface area contributed by atoms with Crippen molar-refractivity contribution >= 4 is 22.7 Å². The number of carbonyl (C=O) groups is 2. The lowest BCUT2D eigenvalue weighted by Gasteiger charge is -2.29. The molecule has 0 radical (unpaired) electrons. The fraction of sp³-hybridized carbons (Fsp3) is 0.333. The van der Waals surface area contributed by atoms with Gasteiger partial charge in [0.2, 0.25) is 5.78 Å². The molecule has 3 aromatic rings. The topological polar surface area (TPSA) is 98.4 Å². The summed E-state index contributed by atoms with van der Waals surface area (Å²) < 4.78 is 22.6. The molecule has 0 saturated carbocycles. The van der Waals surface area contributed by atoms with Gasteiger partial charge in [-0.15, -0.1) is 0 Å². The quantitative estimate of drug-likeness (QED) is 0.474. The molecule has 5 rings (SSSR count). The number of furan rings is 1. The number of aliphatic hydroxyl groups excluding tert-OH is 1. The van der Waals surface area contributed by atoms with E-state index in [1.165, 1.54) is 12.0 Å². The predicted molar refractivity (Wildman–Crippen MR) is 128 cm³/mol. The van der Waals surface area contributed by atoms with E-state index in [1.54, 1.807) is 36.4 Å². The molecule has 8 nitrogen and oxygen atoms in total. The monoisotopic (exact) mass is 477 g/mol. The summed E-state index contributed by atoms with van der Waals surface area (Å²) in [6.07, 6.45) is 1.56. The van der Waals surface area contributed by atoms with Gasteiger partial charge in [-0.3, -0.25) is 9.59 Å². The van der Waals surface area contributed by atoms with E-state index in [4.69, 9.17) is 18.6 Å². The second-order valence-corrected chi connectivity index (χ2v) is 8.58. The molecule has 3 heterocycles. The number of rotatable bonds is 8. The van der Waals surface area contributed by atoms with Gasteiger partial charge in [0, 0.05) is 18.5 Å². The summed E-state index contributed by atoms with van der Waals surface area (Å²) in [4.78, 5) is 28.5. The van der Waals surface area contributed by atoms with E-state index in [2.05, 4.69) is 0 Å². The summed E-state index contributed by atoms with van der Waals surface area (Å²) in [6, 6.07) is 13.3. The fourth-order valence-electron chi connectivity index (χ4n) is 4.81. The third kappa shape index (κ3) is 4.14. The lowest BCUT2D eigenvalue weighted by atomic mass is 9.94. The Morgan fingerprint density at radius 2 is 2.03 bits per heavy atom. The molecule has 0 spiro atoms. The summed E-state index contributed by atoms with van der Waals surface area (Å²) in [5.41, 5.74) is 1.05. The number of benzene rings is 2. The first-order valence-electron chi connectivity index (χ1n) is 11.7. The van der Waals surface area contributed by atoms with Gasteiger partial charge < -0.3 is 28.6 Å². The number of carbonyl (C=O) groups excluding carboxylic acids is 2. The van der Waals surface area contributed by atoms with Crippen molar-refractivity contribution in [1.82, 2.24) is 4.90 Å². The number of aliphatic hydroxyl groups is 1. The third-order valence-electron chi connectivity index (χ3n) is 6.41. The van der Waals surface area contributed by atoms with Crippen molar-refractivity contribution in [3.8, 4) is 11.5 Å². The Labute approximate surface area is 202 Å². The summed E-state index contributed by atoms with van der Waals surface area (Å²) in [5, 5.41) is 11.6. The molecule has 2 unspecified atom stereocenters. The largest absolute Gasteiger partial charge is 0.503 e. The average molecular weight is 478 g/mol. The highest BCUT2D eigenvalue weighted by Gasteiger charge is 2.45. The lowest BCUT2D eigenvalue weighted by Crippen LogP contribution is -2.37. The van der Waals surface area contributed by atoms with E-state index in [0.29, 0.717) is 41.2 Å². The Balaban J connectivity index is 1.58. The zero-order valence-corrected chi connectivity index (χ0v) is 19.7. The number of hydrogen-bond acceptors (Lipinski definition) is 7. The van der Waals surface area contributed by atoms with E-state index in [1.807, 2.05) is 19.1 Å². The van der Waals surface area contributed by atoms with Gasteiger partial charge in [-0.05, 0) is 49.6 Å². The molecule has 35 heavy (non-hydrogen) atoms. The molecular weight excluding hydrogens is 450 g/mol. The standard InChI is InChI=1S/C27H27NO7/c1-3-33-18-9-4-7-16(13-18)23-22(25(30)27(31)28(23)15-19-10-6-12-34-19)24(29)21-14-17-8-5-11-20(32-2)26(17)35-21/h4-5,7-9,11,13-14,19,23,30H,3,6,10,12,15H2,1-2H3. The first-order chi connectivity index (χ1) is 17.0. The molecule has 2 aliphatic heterocycles. The Kier molecular flexibility index (Phi) is 6.21. The van der Waals surface area contributed by atoms with E-state index in [-0.39, 0.29) is 24.0 Å². The molecule has 1 N–H and O–H groups in total. The highest BCUT2D eigenvalue weighted by molar-refractivity contribution is 6.16. The maximum Gasteiger partial charge on any atom is 0.290 e. The Bertz CT molecular complexity index is 1300. The fourth-order valence-corrected chi connectivity index (χ4v) is 4.81. The van der Waals surface area contributed by atoms with Gasteiger partial charge in [-0.2, -0.15) is 0 Å². The maximum atomic E-state index is 13.8. The minimum Gasteiger partial charge on any atom is -0.503 e. The zero-order valence-electron chi connectivity index (χ0n) is 19.7. The van der Waals surface area contributed by atoms with Crippen LogP contribution < -0.4 is 9.47 Å². The van der Waals surface area contributed by atoms with Crippen LogP contribution in [0.1, 0.15) is 41.9 Å². The van der Waals surface area contributed by atoms with Crippen molar-refractivity contribution in [1.29, 1.82) is 0 Å². The van der Waals surface area contributed by atoms with Crippen molar-refractivity contribution in [3.63, 3.8) is 0 Å². The first kappa shape index (κ1) is 23.0. The number of methoxy groups -OCH3 is 1. The first-order valence-corrected chi connectivity index (χ1v) is 11.7. The van der Waals surface area contributed by atoms with Crippen molar-refractivity contribution in [2.75, 3.05) is 26.9 Å². The SMILES string of the molecule is CCOc1cccc(C2C(C(=O)c3cc4cccc(OC)c4o3)=C(O)C(=O)N2CC2CCCO2)c1. The normalized spacial score (nSPS) is 20.2. The third-order valence-corrected chi connectivity index (χ3v) is 6.41. The van der Waals surface area contributed by atoms with Crippen molar-refractivity contribution in [2.24, 2.45) is 0 Å². The van der Waals surface area contributed by atoms with Crippen LogP contribution in [0.2, 0.25) is 0 Å². The van der Waals surface area contributed by atoms with Crippen molar-refractivity contribution in [2.45, 2.75) is 31.9 Å². The van der Waals surface area contributed by atoms with Crippen LogP contribution in [-0.4, -0.2) is 54.7 Å². The van der Waals surface area contributed by atoms with Crippen LogP contribution in [0.3, 0.4) is 0 Å². The highest BCUT2D eigenvalue weighted by atomic mass is 16.5. The molecule has 2 aliphatic rings. The molecule has 1 amide bonds. The smallest absolute Gasteiger partial charge is 0.290 e.